The summed E-state index contributed by atoms with van der Waals surface area (Å²) in [7, 11) is 0. The van der Waals surface area contributed by atoms with Gasteiger partial charge in [0, 0.05) is 13.3 Å². The Hall–Kier alpha value is -1.06. The van der Waals surface area contributed by atoms with Crippen molar-refractivity contribution in [3.63, 3.8) is 0 Å². The van der Waals surface area contributed by atoms with Crippen LogP contribution >= 0.6 is 0 Å². The fraction of sp³-hybridized carbons (Fsp3) is 0.933. The van der Waals surface area contributed by atoms with Crippen LogP contribution in [0.2, 0.25) is 0 Å². The molecule has 0 radical (unpaired) electrons. The van der Waals surface area contributed by atoms with Crippen LogP contribution in [0.5, 0.6) is 0 Å². The second-order valence-electron chi connectivity index (χ2n) is 14.0. The third-order valence-electron chi connectivity index (χ3n) is 10.9. The van der Waals surface area contributed by atoms with Crippen molar-refractivity contribution in [3.8, 4) is 0 Å². The van der Waals surface area contributed by atoms with Gasteiger partial charge in [-0.05, 0) is 131 Å². The van der Waals surface area contributed by atoms with Gasteiger partial charge >= 0.3 is 11.9 Å². The minimum absolute atomic E-state index is 0.0432. The van der Waals surface area contributed by atoms with Gasteiger partial charge in [0.05, 0.1) is 0 Å². The molecule has 0 aromatic heterocycles. The molecular formula is C30H50O4. The molecule has 0 heterocycles. The predicted molar refractivity (Wildman–Crippen MR) is 135 cm³/mol. The van der Waals surface area contributed by atoms with E-state index in [1.807, 2.05) is 20.8 Å². The maximum Gasteiger partial charge on any atom is 0.306 e. The standard InChI is InChI=1S/C30H50O4/c1-19(8-13-27(32)34-28(3,4)5)24-11-12-25-23-10-9-21-18-22(33-20(2)31)14-16-29(21,6)26(23)15-17-30(24,25)7/h19,21-26H,8-18H2,1-7H3/t19-,21-,22-,23+,24-,25+,26+,29+,30-/m1/s1. The van der Waals surface area contributed by atoms with Crippen LogP contribution in [-0.4, -0.2) is 23.6 Å². The van der Waals surface area contributed by atoms with Crippen LogP contribution < -0.4 is 0 Å². The van der Waals surface area contributed by atoms with Crippen LogP contribution in [0.25, 0.3) is 0 Å². The lowest BCUT2D eigenvalue weighted by molar-refractivity contribution is -0.160. The highest BCUT2D eigenvalue weighted by Crippen LogP contribution is 2.68. The number of hydrogen-bond acceptors (Lipinski definition) is 4. The minimum Gasteiger partial charge on any atom is -0.463 e. The van der Waals surface area contributed by atoms with Crippen molar-refractivity contribution >= 4 is 11.9 Å². The van der Waals surface area contributed by atoms with E-state index in [2.05, 4.69) is 20.8 Å². The summed E-state index contributed by atoms with van der Waals surface area (Å²) in [5.74, 6) is 4.38. The van der Waals surface area contributed by atoms with E-state index in [9.17, 15) is 9.59 Å². The maximum atomic E-state index is 12.3. The van der Waals surface area contributed by atoms with Crippen molar-refractivity contribution in [2.75, 3.05) is 0 Å². The molecule has 4 nitrogen and oxygen atoms in total. The van der Waals surface area contributed by atoms with Gasteiger partial charge in [-0.25, -0.2) is 0 Å². The van der Waals surface area contributed by atoms with Crippen molar-refractivity contribution in [2.45, 2.75) is 131 Å². The Morgan fingerprint density at radius 3 is 2.29 bits per heavy atom. The first-order chi connectivity index (χ1) is 15.8. The number of hydrogen-bond donors (Lipinski definition) is 0. The number of ether oxygens (including phenoxy) is 2. The van der Waals surface area contributed by atoms with Crippen molar-refractivity contribution in [1.29, 1.82) is 0 Å². The van der Waals surface area contributed by atoms with Gasteiger partial charge in [0.2, 0.25) is 0 Å². The number of esters is 2. The molecule has 4 heteroatoms. The fourth-order valence-electron chi connectivity index (χ4n) is 9.47. The first kappa shape index (κ1) is 26.0. The molecule has 0 aromatic carbocycles. The first-order valence-electron chi connectivity index (χ1n) is 14.2. The lowest BCUT2D eigenvalue weighted by Crippen LogP contribution is -2.54. The summed E-state index contributed by atoms with van der Waals surface area (Å²) in [5, 5.41) is 0. The monoisotopic (exact) mass is 474 g/mol. The van der Waals surface area contributed by atoms with Crippen LogP contribution in [0.3, 0.4) is 0 Å². The van der Waals surface area contributed by atoms with E-state index < -0.39 is 5.60 Å². The summed E-state index contributed by atoms with van der Waals surface area (Å²) in [6.07, 6.45) is 13.0. The molecule has 0 amide bonds. The number of carbonyl (C=O) groups is 2. The van der Waals surface area contributed by atoms with Crippen molar-refractivity contribution in [3.05, 3.63) is 0 Å². The maximum absolute atomic E-state index is 12.3. The quantitative estimate of drug-likeness (QED) is 0.391. The van der Waals surface area contributed by atoms with E-state index in [0.29, 0.717) is 29.1 Å². The van der Waals surface area contributed by atoms with E-state index in [1.165, 1.54) is 44.9 Å². The van der Waals surface area contributed by atoms with Gasteiger partial charge in [-0.2, -0.15) is 0 Å². The van der Waals surface area contributed by atoms with E-state index in [0.717, 1.165) is 42.9 Å². The Morgan fingerprint density at radius 2 is 1.62 bits per heavy atom. The smallest absolute Gasteiger partial charge is 0.306 e. The largest absolute Gasteiger partial charge is 0.463 e. The molecule has 0 aromatic rings. The molecule has 4 rings (SSSR count). The summed E-state index contributed by atoms with van der Waals surface area (Å²) in [4.78, 5) is 23.9. The van der Waals surface area contributed by atoms with Gasteiger partial charge in [-0.15, -0.1) is 0 Å². The van der Waals surface area contributed by atoms with Crippen molar-refractivity contribution < 1.29 is 19.1 Å². The zero-order chi connectivity index (χ0) is 24.9. The number of fused-ring (bicyclic) bond motifs is 5. The molecule has 9 atom stereocenters. The fourth-order valence-corrected chi connectivity index (χ4v) is 9.47. The van der Waals surface area contributed by atoms with E-state index in [-0.39, 0.29) is 18.0 Å². The average Bonchev–Trinajstić information content (AvgIpc) is 3.08. The Kier molecular flexibility index (Phi) is 7.22. The highest BCUT2D eigenvalue weighted by molar-refractivity contribution is 5.69. The van der Waals surface area contributed by atoms with Crippen LogP contribution in [0.4, 0.5) is 0 Å². The Labute approximate surface area is 208 Å². The van der Waals surface area contributed by atoms with E-state index >= 15 is 0 Å². The lowest BCUT2D eigenvalue weighted by atomic mass is 9.44. The average molecular weight is 475 g/mol. The highest BCUT2D eigenvalue weighted by atomic mass is 16.6. The zero-order valence-corrected chi connectivity index (χ0v) is 23.0. The van der Waals surface area contributed by atoms with Gasteiger partial charge in [-0.3, -0.25) is 9.59 Å². The molecule has 0 aliphatic heterocycles. The highest BCUT2D eigenvalue weighted by Gasteiger charge is 2.60. The van der Waals surface area contributed by atoms with E-state index in [4.69, 9.17) is 9.47 Å². The van der Waals surface area contributed by atoms with E-state index in [1.54, 1.807) is 6.92 Å². The van der Waals surface area contributed by atoms with Crippen LogP contribution in [0.1, 0.15) is 119 Å². The predicted octanol–water partition coefficient (Wildman–Crippen LogP) is 7.34. The number of rotatable bonds is 5. The molecule has 0 saturated heterocycles. The van der Waals surface area contributed by atoms with Gasteiger partial charge in [0.25, 0.3) is 0 Å². The molecule has 4 aliphatic rings. The second kappa shape index (κ2) is 9.43. The van der Waals surface area contributed by atoms with Crippen LogP contribution in [0.15, 0.2) is 0 Å². The molecule has 0 N–H and O–H groups in total. The summed E-state index contributed by atoms with van der Waals surface area (Å²) < 4.78 is 11.2. The summed E-state index contributed by atoms with van der Waals surface area (Å²) >= 11 is 0. The van der Waals surface area contributed by atoms with Crippen LogP contribution in [0, 0.1) is 46.3 Å². The summed E-state index contributed by atoms with van der Waals surface area (Å²) in [5.41, 5.74) is 0.448. The third-order valence-corrected chi connectivity index (χ3v) is 10.9. The molecule has 0 unspecified atom stereocenters. The Morgan fingerprint density at radius 1 is 0.941 bits per heavy atom. The topological polar surface area (TPSA) is 52.6 Å². The van der Waals surface area contributed by atoms with Crippen molar-refractivity contribution in [1.82, 2.24) is 0 Å². The first-order valence-corrected chi connectivity index (χ1v) is 14.2. The van der Waals surface area contributed by atoms with Crippen molar-refractivity contribution in [2.24, 2.45) is 46.3 Å². The lowest BCUT2D eigenvalue weighted by Gasteiger charge is -2.61. The SMILES string of the molecule is CC(=O)O[C@@H]1CC[C@@]2(C)[C@H](CC[C@@H]3[C@@H]2CC[C@]2(C)[C@@H]([C@H](C)CCC(=O)OC(C)(C)C)CC[C@@H]32)C1. The summed E-state index contributed by atoms with van der Waals surface area (Å²) in [6.45, 7) is 15.0. The molecule has 4 aliphatic carbocycles. The normalized spacial score (nSPS) is 42.7. The summed E-state index contributed by atoms with van der Waals surface area (Å²) in [6, 6.07) is 0. The van der Waals surface area contributed by atoms with Gasteiger partial charge < -0.3 is 9.47 Å². The van der Waals surface area contributed by atoms with Crippen LogP contribution in [-0.2, 0) is 19.1 Å². The molecule has 4 fully saturated rings. The second-order valence-corrected chi connectivity index (χ2v) is 14.0. The number of carbonyl (C=O) groups excluding carboxylic acids is 2. The molecule has 194 valence electrons. The third kappa shape index (κ3) is 4.94. The molecule has 4 saturated carbocycles. The zero-order valence-electron chi connectivity index (χ0n) is 23.0. The molecule has 34 heavy (non-hydrogen) atoms. The molecule has 0 spiro atoms. The van der Waals surface area contributed by atoms with Gasteiger partial charge in [0.15, 0.2) is 0 Å². The molecule has 0 bridgehead atoms. The Bertz CT molecular complexity index is 768. The minimum atomic E-state index is -0.393. The van der Waals surface area contributed by atoms with Gasteiger partial charge in [0.1, 0.15) is 11.7 Å². The molecular weight excluding hydrogens is 424 g/mol. The van der Waals surface area contributed by atoms with Gasteiger partial charge in [-0.1, -0.05) is 20.8 Å². The Balaban J connectivity index is 1.40.